The average molecular weight is 638 g/mol. The Morgan fingerprint density at radius 2 is 1.34 bits per heavy atom. The van der Waals surface area contributed by atoms with Crippen LogP contribution in [0.4, 0.5) is 20.2 Å². The summed E-state index contributed by atoms with van der Waals surface area (Å²) in [6, 6.07) is 22.2. The summed E-state index contributed by atoms with van der Waals surface area (Å²) in [5.74, 6) is -3.53. The van der Waals surface area contributed by atoms with E-state index in [9.17, 15) is 33.1 Å². The Labute approximate surface area is 268 Å². The van der Waals surface area contributed by atoms with E-state index in [0.29, 0.717) is 48.6 Å². The van der Waals surface area contributed by atoms with Gasteiger partial charge in [-0.15, -0.1) is 0 Å². The molecule has 0 bridgehead atoms. The molecule has 10 nitrogen and oxygen atoms in total. The lowest BCUT2D eigenvalue weighted by Gasteiger charge is -2.37. The fourth-order valence-electron chi connectivity index (χ4n) is 5.23. The van der Waals surface area contributed by atoms with Gasteiger partial charge in [-0.1, -0.05) is 12.1 Å². The molecule has 0 saturated carbocycles. The highest BCUT2D eigenvalue weighted by molar-refractivity contribution is 6.07. The summed E-state index contributed by atoms with van der Waals surface area (Å²) in [7, 11) is 0. The van der Waals surface area contributed by atoms with E-state index in [1.807, 2.05) is 11.0 Å². The Bertz CT molecular complexity index is 1830. The number of benzene rings is 4. The van der Waals surface area contributed by atoms with Gasteiger partial charge in [-0.2, -0.15) is 5.26 Å². The summed E-state index contributed by atoms with van der Waals surface area (Å²) in [6.07, 6.45) is -0.449. The maximum atomic E-state index is 13.5. The van der Waals surface area contributed by atoms with Gasteiger partial charge in [0.25, 0.3) is 17.7 Å². The number of carbonyl (C=O) groups excluding carboxylic acids is 3. The summed E-state index contributed by atoms with van der Waals surface area (Å²) < 4.78 is 27.0. The number of carboxylic acid groups (broad SMARTS) is 1. The van der Waals surface area contributed by atoms with E-state index in [1.54, 1.807) is 35.2 Å². The van der Waals surface area contributed by atoms with Crippen LogP contribution in [0.15, 0.2) is 91.0 Å². The van der Waals surface area contributed by atoms with Gasteiger partial charge in [-0.25, -0.2) is 8.78 Å². The topological polar surface area (TPSA) is 143 Å². The summed E-state index contributed by atoms with van der Waals surface area (Å²) in [6.45, 7) is 1.53. The lowest BCUT2D eigenvalue weighted by Crippen LogP contribution is -2.49. The fourth-order valence-corrected chi connectivity index (χ4v) is 5.23. The Morgan fingerprint density at radius 1 is 0.766 bits per heavy atom. The lowest BCUT2D eigenvalue weighted by molar-refractivity contribution is -0.137. The number of nitrogens with one attached hydrogen (secondary N) is 2. The highest BCUT2D eigenvalue weighted by Crippen LogP contribution is 2.30. The molecule has 47 heavy (non-hydrogen) atoms. The Morgan fingerprint density at radius 3 is 1.94 bits per heavy atom. The number of hydrogen-bond acceptors (Lipinski definition) is 6. The molecule has 1 aliphatic heterocycles. The molecule has 3 N–H and O–H groups in total. The van der Waals surface area contributed by atoms with Gasteiger partial charge in [0.1, 0.15) is 11.6 Å². The number of piperazine rings is 1. The highest BCUT2D eigenvalue weighted by Gasteiger charge is 2.26. The average Bonchev–Trinajstić information content (AvgIpc) is 3.08. The second kappa shape index (κ2) is 14.3. The third kappa shape index (κ3) is 7.96. The number of carbonyl (C=O) groups is 4. The van der Waals surface area contributed by atoms with Gasteiger partial charge in [0.05, 0.1) is 35.5 Å². The number of nitrogens with zero attached hydrogens (tertiary/aromatic N) is 3. The van der Waals surface area contributed by atoms with Crippen molar-refractivity contribution in [2.45, 2.75) is 12.5 Å². The summed E-state index contributed by atoms with van der Waals surface area (Å²) in [5, 5.41) is 24.0. The first-order valence-corrected chi connectivity index (χ1v) is 14.6. The first kappa shape index (κ1) is 32.3. The van der Waals surface area contributed by atoms with Gasteiger partial charge in [-0.05, 0) is 84.4 Å². The maximum Gasteiger partial charge on any atom is 0.305 e. The van der Waals surface area contributed by atoms with Crippen LogP contribution in [0.2, 0.25) is 0 Å². The summed E-state index contributed by atoms with van der Waals surface area (Å²) in [4.78, 5) is 54.8. The first-order valence-electron chi connectivity index (χ1n) is 14.6. The number of anilines is 2. The highest BCUT2D eigenvalue weighted by atomic mass is 19.1. The van der Waals surface area contributed by atoms with Gasteiger partial charge in [0.15, 0.2) is 0 Å². The van der Waals surface area contributed by atoms with E-state index in [-0.39, 0.29) is 22.7 Å². The van der Waals surface area contributed by atoms with Crippen molar-refractivity contribution in [1.29, 1.82) is 5.26 Å². The zero-order chi connectivity index (χ0) is 33.5. The molecule has 5 rings (SSSR count). The van der Waals surface area contributed by atoms with Crippen LogP contribution in [0.1, 0.15) is 54.7 Å². The van der Waals surface area contributed by atoms with Crippen LogP contribution in [0.5, 0.6) is 0 Å². The van der Waals surface area contributed by atoms with Crippen molar-refractivity contribution in [3.8, 4) is 6.07 Å². The molecule has 1 saturated heterocycles. The van der Waals surface area contributed by atoms with Gasteiger partial charge >= 0.3 is 5.97 Å². The minimum atomic E-state index is -1.17. The molecule has 3 amide bonds. The molecular weight excluding hydrogens is 608 g/mol. The smallest absolute Gasteiger partial charge is 0.305 e. The molecule has 0 aromatic heterocycles. The molecule has 4 aromatic rings. The van der Waals surface area contributed by atoms with E-state index in [1.165, 1.54) is 48.5 Å². The molecule has 1 heterocycles. The van der Waals surface area contributed by atoms with E-state index in [4.69, 9.17) is 5.26 Å². The Hall–Kier alpha value is -6.09. The minimum absolute atomic E-state index is 0.121. The quantitative estimate of drug-likeness (QED) is 0.235. The number of amides is 3. The standard InChI is InChI=1S/C35H29F2N5O5/c36-27-10-5-23(6-11-27)29(20-32(43)44)39-34(46)26-9-14-31(30(19-26)40-33(45)24-7-12-28(37)13-8-24)41-15-17-42(18-16-41)35(47)25-3-1-22(21-38)2-4-25/h1-14,19,29H,15-18,20H2,(H,39,46)(H,40,45)(H,43,44). The number of hydrogen-bond donors (Lipinski definition) is 3. The maximum absolute atomic E-state index is 13.5. The minimum Gasteiger partial charge on any atom is -0.481 e. The molecule has 1 unspecified atom stereocenters. The Kier molecular flexibility index (Phi) is 9.86. The van der Waals surface area contributed by atoms with Crippen molar-refractivity contribution < 1.29 is 33.1 Å². The van der Waals surface area contributed by atoms with Crippen molar-refractivity contribution >= 4 is 35.1 Å². The zero-order valence-electron chi connectivity index (χ0n) is 25.0. The van der Waals surface area contributed by atoms with Crippen molar-refractivity contribution in [2.24, 2.45) is 0 Å². The molecule has 0 radical (unpaired) electrons. The SMILES string of the molecule is N#Cc1ccc(C(=O)N2CCN(c3ccc(C(=O)NC(CC(=O)O)c4ccc(F)cc4)cc3NC(=O)c3ccc(F)cc3)CC2)cc1. The van der Waals surface area contributed by atoms with Gasteiger partial charge < -0.3 is 25.5 Å². The molecule has 0 spiro atoms. The predicted molar refractivity (Wildman–Crippen MR) is 169 cm³/mol. The van der Waals surface area contributed by atoms with Crippen LogP contribution in [-0.4, -0.2) is 59.9 Å². The van der Waals surface area contributed by atoms with E-state index < -0.39 is 41.9 Å². The summed E-state index contributed by atoms with van der Waals surface area (Å²) in [5.41, 5.74) is 2.46. The third-order valence-corrected chi connectivity index (χ3v) is 7.74. The first-order chi connectivity index (χ1) is 22.6. The second-order valence-corrected chi connectivity index (χ2v) is 10.8. The van der Waals surface area contributed by atoms with E-state index in [0.717, 1.165) is 12.1 Å². The number of rotatable bonds is 9. The van der Waals surface area contributed by atoms with E-state index in [2.05, 4.69) is 10.6 Å². The number of nitriles is 1. The lowest BCUT2D eigenvalue weighted by atomic mass is 10.0. The largest absolute Gasteiger partial charge is 0.481 e. The molecule has 1 atom stereocenters. The van der Waals surface area contributed by atoms with Crippen LogP contribution < -0.4 is 15.5 Å². The zero-order valence-corrected chi connectivity index (χ0v) is 25.0. The van der Waals surface area contributed by atoms with Crippen molar-refractivity contribution in [3.63, 3.8) is 0 Å². The second-order valence-electron chi connectivity index (χ2n) is 10.8. The van der Waals surface area contributed by atoms with Crippen LogP contribution in [0, 0.1) is 23.0 Å². The number of halogens is 2. The van der Waals surface area contributed by atoms with Crippen LogP contribution in [0.25, 0.3) is 0 Å². The normalized spacial score (nSPS) is 13.3. The molecule has 12 heteroatoms. The van der Waals surface area contributed by atoms with Crippen molar-refractivity contribution in [1.82, 2.24) is 10.2 Å². The van der Waals surface area contributed by atoms with Crippen molar-refractivity contribution in [2.75, 3.05) is 36.4 Å². The molecule has 1 fully saturated rings. The molecule has 1 aliphatic rings. The molecule has 4 aromatic carbocycles. The molecule has 0 aliphatic carbocycles. The monoisotopic (exact) mass is 637 g/mol. The third-order valence-electron chi connectivity index (χ3n) is 7.74. The van der Waals surface area contributed by atoms with Crippen LogP contribution >= 0.6 is 0 Å². The van der Waals surface area contributed by atoms with Gasteiger partial charge in [0, 0.05) is 42.9 Å². The van der Waals surface area contributed by atoms with Gasteiger partial charge in [-0.3, -0.25) is 19.2 Å². The summed E-state index contributed by atoms with van der Waals surface area (Å²) >= 11 is 0. The number of carboxylic acids is 1. The van der Waals surface area contributed by atoms with E-state index >= 15 is 0 Å². The fraction of sp³-hybridized carbons (Fsp3) is 0.171. The van der Waals surface area contributed by atoms with Crippen LogP contribution in [0.3, 0.4) is 0 Å². The van der Waals surface area contributed by atoms with Crippen molar-refractivity contribution in [3.05, 3.63) is 130 Å². The molecule has 238 valence electrons. The number of aliphatic carboxylic acids is 1. The Balaban J connectivity index is 1.38. The molecular formula is C35H29F2N5O5. The predicted octanol–water partition coefficient (Wildman–Crippen LogP) is 5.00. The van der Waals surface area contributed by atoms with Crippen LogP contribution in [-0.2, 0) is 4.79 Å². The van der Waals surface area contributed by atoms with Gasteiger partial charge in [0.2, 0.25) is 0 Å².